The zero-order chi connectivity index (χ0) is 10.6. The standard InChI is InChI=1S/C8H5NO4S/c1-13-7(10)3-2-6-9-4-5(14-6)8(11)12/h4H,1H3,(H,11,12). The number of methoxy groups -OCH3 is 1. The highest BCUT2D eigenvalue weighted by atomic mass is 32.1. The third kappa shape index (κ3) is 2.57. The maximum Gasteiger partial charge on any atom is 0.384 e. The summed E-state index contributed by atoms with van der Waals surface area (Å²) in [5.41, 5.74) is 0. The molecule has 0 aliphatic heterocycles. The van der Waals surface area contributed by atoms with Gasteiger partial charge in [0.2, 0.25) is 0 Å². The lowest BCUT2D eigenvalue weighted by atomic mass is 10.5. The summed E-state index contributed by atoms with van der Waals surface area (Å²) in [5.74, 6) is 2.79. The van der Waals surface area contributed by atoms with Crippen LogP contribution in [0.3, 0.4) is 0 Å². The smallest absolute Gasteiger partial charge is 0.384 e. The van der Waals surface area contributed by atoms with Crippen molar-refractivity contribution in [1.29, 1.82) is 0 Å². The van der Waals surface area contributed by atoms with E-state index in [4.69, 9.17) is 5.11 Å². The number of esters is 1. The van der Waals surface area contributed by atoms with E-state index in [1.807, 2.05) is 0 Å². The number of carboxylic acid groups (broad SMARTS) is 1. The predicted octanol–water partition coefficient (Wildman–Crippen LogP) is 0.366. The molecular formula is C8H5NO4S. The second-order valence-electron chi connectivity index (χ2n) is 2.08. The Labute approximate surface area is 83.3 Å². The quantitative estimate of drug-likeness (QED) is 0.536. The summed E-state index contributed by atoms with van der Waals surface area (Å²) in [6.07, 6.45) is 1.19. The molecule has 0 bridgehead atoms. The van der Waals surface area contributed by atoms with E-state index >= 15 is 0 Å². The van der Waals surface area contributed by atoms with E-state index in [-0.39, 0.29) is 9.88 Å². The molecule has 72 valence electrons. The number of aromatic carboxylic acids is 1. The van der Waals surface area contributed by atoms with Gasteiger partial charge in [-0.05, 0) is 5.92 Å². The van der Waals surface area contributed by atoms with E-state index in [2.05, 4.69) is 21.6 Å². The molecule has 1 heterocycles. The molecule has 0 fully saturated rings. The van der Waals surface area contributed by atoms with Gasteiger partial charge in [-0.3, -0.25) is 0 Å². The van der Waals surface area contributed by atoms with Crippen LogP contribution in [-0.4, -0.2) is 29.1 Å². The highest BCUT2D eigenvalue weighted by Crippen LogP contribution is 2.10. The minimum atomic E-state index is -1.06. The van der Waals surface area contributed by atoms with Gasteiger partial charge >= 0.3 is 11.9 Å². The van der Waals surface area contributed by atoms with Crippen molar-refractivity contribution < 1.29 is 19.4 Å². The Morgan fingerprint density at radius 3 is 2.86 bits per heavy atom. The number of hydrogen-bond donors (Lipinski definition) is 1. The second-order valence-corrected chi connectivity index (χ2v) is 3.11. The summed E-state index contributed by atoms with van der Waals surface area (Å²) in [5, 5.41) is 8.82. The van der Waals surface area contributed by atoms with Crippen LogP contribution in [0.5, 0.6) is 0 Å². The van der Waals surface area contributed by atoms with Crippen molar-refractivity contribution in [2.75, 3.05) is 7.11 Å². The molecule has 5 nitrogen and oxygen atoms in total. The number of hydrogen-bond acceptors (Lipinski definition) is 5. The summed E-state index contributed by atoms with van der Waals surface area (Å²) in [6.45, 7) is 0. The van der Waals surface area contributed by atoms with Crippen LogP contribution < -0.4 is 0 Å². The Hall–Kier alpha value is -1.87. The van der Waals surface area contributed by atoms with Crippen LogP contribution in [0.1, 0.15) is 14.7 Å². The highest BCUT2D eigenvalue weighted by Gasteiger charge is 2.06. The van der Waals surface area contributed by atoms with Crippen LogP contribution >= 0.6 is 11.3 Å². The predicted molar refractivity (Wildman–Crippen MR) is 48.0 cm³/mol. The van der Waals surface area contributed by atoms with E-state index in [1.54, 1.807) is 0 Å². The first kappa shape index (κ1) is 10.2. The van der Waals surface area contributed by atoms with Gasteiger partial charge in [0.15, 0.2) is 5.01 Å². The molecule has 0 radical (unpaired) electrons. The Morgan fingerprint density at radius 1 is 1.64 bits per heavy atom. The Bertz CT molecular complexity index is 426. The van der Waals surface area contributed by atoms with Gasteiger partial charge in [0.25, 0.3) is 0 Å². The third-order valence-corrected chi connectivity index (χ3v) is 2.07. The molecule has 6 heteroatoms. The van der Waals surface area contributed by atoms with Gasteiger partial charge < -0.3 is 9.84 Å². The number of carbonyl (C=O) groups is 2. The van der Waals surface area contributed by atoms with E-state index in [0.29, 0.717) is 0 Å². The fourth-order valence-electron chi connectivity index (χ4n) is 0.586. The molecule has 0 aliphatic rings. The molecule has 0 amide bonds. The molecule has 0 aromatic carbocycles. The lowest BCUT2D eigenvalue weighted by Gasteiger charge is -1.82. The first-order valence-corrected chi connectivity index (χ1v) is 4.24. The largest absolute Gasteiger partial charge is 0.477 e. The first-order chi connectivity index (χ1) is 6.63. The molecule has 1 rings (SSSR count). The van der Waals surface area contributed by atoms with Gasteiger partial charge in [-0.2, -0.15) is 0 Å². The molecule has 0 saturated carbocycles. The zero-order valence-corrected chi connectivity index (χ0v) is 7.92. The molecule has 0 aliphatic carbocycles. The SMILES string of the molecule is COC(=O)C#Cc1ncc(C(=O)O)s1. The topological polar surface area (TPSA) is 76.5 Å². The summed E-state index contributed by atoms with van der Waals surface area (Å²) in [6, 6.07) is 0. The minimum absolute atomic E-state index is 0.0826. The van der Waals surface area contributed by atoms with Gasteiger partial charge in [0, 0.05) is 5.92 Å². The van der Waals surface area contributed by atoms with Crippen molar-refractivity contribution in [3.8, 4) is 11.8 Å². The summed E-state index contributed by atoms with van der Waals surface area (Å²) in [4.78, 5) is 24.8. The second kappa shape index (κ2) is 4.39. The number of carboxylic acids is 1. The van der Waals surface area contributed by atoms with E-state index < -0.39 is 11.9 Å². The maximum atomic E-state index is 10.6. The van der Waals surface area contributed by atoms with Crippen LogP contribution in [0.4, 0.5) is 0 Å². The van der Waals surface area contributed by atoms with Crippen LogP contribution in [0.15, 0.2) is 6.20 Å². The Kier molecular flexibility index (Phi) is 3.20. The number of aromatic nitrogens is 1. The van der Waals surface area contributed by atoms with Crippen molar-refractivity contribution in [2.45, 2.75) is 0 Å². The minimum Gasteiger partial charge on any atom is -0.477 e. The molecule has 0 atom stereocenters. The van der Waals surface area contributed by atoms with Crippen LogP contribution in [0, 0.1) is 11.8 Å². The van der Waals surface area contributed by atoms with Crippen molar-refractivity contribution in [2.24, 2.45) is 0 Å². The van der Waals surface area contributed by atoms with Gasteiger partial charge in [0.05, 0.1) is 13.3 Å². The molecule has 0 spiro atoms. The zero-order valence-electron chi connectivity index (χ0n) is 7.10. The van der Waals surface area contributed by atoms with Crippen LogP contribution in [0.25, 0.3) is 0 Å². The van der Waals surface area contributed by atoms with Gasteiger partial charge in [0.1, 0.15) is 4.88 Å². The van der Waals surface area contributed by atoms with Gasteiger partial charge in [-0.25, -0.2) is 14.6 Å². The molecule has 0 unspecified atom stereocenters. The van der Waals surface area contributed by atoms with Gasteiger partial charge in [-0.1, -0.05) is 11.3 Å². The molecule has 14 heavy (non-hydrogen) atoms. The third-order valence-electron chi connectivity index (χ3n) is 1.17. The van der Waals surface area contributed by atoms with Crippen molar-refractivity contribution in [3.63, 3.8) is 0 Å². The summed E-state index contributed by atoms with van der Waals surface area (Å²) < 4.78 is 4.27. The fraction of sp³-hybridized carbons (Fsp3) is 0.125. The maximum absolute atomic E-state index is 10.6. The van der Waals surface area contributed by atoms with Crippen molar-refractivity contribution in [1.82, 2.24) is 4.98 Å². The Morgan fingerprint density at radius 2 is 2.36 bits per heavy atom. The average molecular weight is 211 g/mol. The van der Waals surface area contributed by atoms with Crippen LogP contribution in [0.2, 0.25) is 0 Å². The molecule has 1 aromatic heterocycles. The summed E-state index contributed by atoms with van der Waals surface area (Å²) >= 11 is 0.901. The van der Waals surface area contributed by atoms with Crippen LogP contribution in [-0.2, 0) is 9.53 Å². The highest BCUT2D eigenvalue weighted by molar-refractivity contribution is 7.14. The number of carbonyl (C=O) groups excluding carboxylic acids is 1. The molecule has 1 N–H and O–H groups in total. The van der Waals surface area contributed by atoms with Gasteiger partial charge in [-0.15, -0.1) is 0 Å². The monoisotopic (exact) mass is 211 g/mol. The van der Waals surface area contributed by atoms with E-state index in [1.165, 1.54) is 13.3 Å². The van der Waals surface area contributed by atoms with Crippen molar-refractivity contribution in [3.05, 3.63) is 16.1 Å². The lowest BCUT2D eigenvalue weighted by molar-refractivity contribution is -0.133. The Balaban J connectivity index is 2.81. The number of rotatable bonds is 1. The molecule has 1 aromatic rings. The van der Waals surface area contributed by atoms with E-state index in [9.17, 15) is 9.59 Å². The summed E-state index contributed by atoms with van der Waals surface area (Å²) in [7, 11) is 1.21. The number of nitrogens with zero attached hydrogens (tertiary/aromatic N) is 1. The number of ether oxygens (including phenoxy) is 1. The van der Waals surface area contributed by atoms with E-state index in [0.717, 1.165) is 11.3 Å². The number of thiazole rings is 1. The average Bonchev–Trinajstić information content (AvgIpc) is 2.62. The molecule has 0 saturated heterocycles. The normalized spacial score (nSPS) is 8.64. The molecular weight excluding hydrogens is 206 g/mol. The fourth-order valence-corrected chi connectivity index (χ4v) is 1.19. The first-order valence-electron chi connectivity index (χ1n) is 3.42. The lowest BCUT2D eigenvalue weighted by Crippen LogP contribution is -1.94. The van der Waals surface area contributed by atoms with Crippen molar-refractivity contribution >= 4 is 23.3 Å².